The lowest BCUT2D eigenvalue weighted by Crippen LogP contribution is -2.22. The molecule has 7 heteroatoms. The maximum atomic E-state index is 11.8. The van der Waals surface area contributed by atoms with Gasteiger partial charge in [0, 0.05) is 6.61 Å². The first-order chi connectivity index (χ1) is 10.3. The molecule has 0 aromatic carbocycles. The Morgan fingerprint density at radius 1 is 1.48 bits per heavy atom. The number of hydrogen-bond acceptors (Lipinski definition) is 6. The molecule has 0 aliphatic carbocycles. The van der Waals surface area contributed by atoms with Crippen molar-refractivity contribution in [2.75, 3.05) is 26.9 Å². The maximum Gasteiger partial charge on any atom is 0.360 e. The minimum absolute atomic E-state index is 0.116. The van der Waals surface area contributed by atoms with E-state index in [0.717, 1.165) is 44.5 Å². The molecule has 1 N–H and O–H groups in total. The zero-order valence-electron chi connectivity index (χ0n) is 12.8. The fourth-order valence-corrected chi connectivity index (χ4v) is 2.49. The predicted molar refractivity (Wildman–Crippen MR) is 77.1 cm³/mol. The highest BCUT2D eigenvalue weighted by molar-refractivity contribution is 5.88. The van der Waals surface area contributed by atoms with Gasteiger partial charge in [-0.3, -0.25) is 0 Å². The van der Waals surface area contributed by atoms with Crippen LogP contribution in [0.3, 0.4) is 0 Å². The Hall–Kier alpha value is -1.47. The highest BCUT2D eigenvalue weighted by Gasteiger charge is 2.28. The zero-order chi connectivity index (χ0) is 15.1. The number of aromatic nitrogens is 3. The lowest BCUT2D eigenvalue weighted by atomic mass is 10.1. The van der Waals surface area contributed by atoms with Crippen molar-refractivity contribution in [3.8, 4) is 0 Å². The summed E-state index contributed by atoms with van der Waals surface area (Å²) < 4.78 is 12.1. The van der Waals surface area contributed by atoms with Crippen molar-refractivity contribution >= 4 is 5.97 Å². The number of rotatable bonds is 8. The summed E-state index contributed by atoms with van der Waals surface area (Å²) in [6.07, 6.45) is 4.24. The Bertz CT molecular complexity index is 455. The molecule has 0 saturated carbocycles. The average molecular weight is 296 g/mol. The van der Waals surface area contributed by atoms with E-state index in [4.69, 9.17) is 9.47 Å². The summed E-state index contributed by atoms with van der Waals surface area (Å²) in [4.78, 5) is 11.8. The van der Waals surface area contributed by atoms with Gasteiger partial charge in [0.2, 0.25) is 0 Å². The summed E-state index contributed by atoms with van der Waals surface area (Å²) in [5.41, 5.74) is 1.13. The molecule has 7 nitrogen and oxygen atoms in total. The van der Waals surface area contributed by atoms with Crippen LogP contribution in [-0.4, -0.2) is 47.8 Å². The summed E-state index contributed by atoms with van der Waals surface area (Å²) in [6, 6.07) is 0.116. The third kappa shape index (κ3) is 4.01. The van der Waals surface area contributed by atoms with Gasteiger partial charge in [0.25, 0.3) is 0 Å². The molecule has 0 bridgehead atoms. The second kappa shape index (κ2) is 8.09. The van der Waals surface area contributed by atoms with Crippen LogP contribution >= 0.6 is 0 Å². The molecule has 0 radical (unpaired) electrons. The van der Waals surface area contributed by atoms with Crippen LogP contribution in [0.5, 0.6) is 0 Å². The van der Waals surface area contributed by atoms with Crippen molar-refractivity contribution < 1.29 is 14.3 Å². The van der Waals surface area contributed by atoms with Crippen molar-refractivity contribution in [1.82, 2.24) is 20.3 Å². The van der Waals surface area contributed by atoms with Crippen LogP contribution in [0.25, 0.3) is 0 Å². The summed E-state index contributed by atoms with van der Waals surface area (Å²) in [6.45, 7) is 5.01. The van der Waals surface area contributed by atoms with Crippen molar-refractivity contribution in [2.24, 2.45) is 0 Å². The van der Waals surface area contributed by atoms with Gasteiger partial charge in [-0.2, -0.15) is 0 Å². The molecule has 1 saturated heterocycles. The smallest absolute Gasteiger partial charge is 0.360 e. The minimum Gasteiger partial charge on any atom is -0.464 e. The van der Waals surface area contributed by atoms with Gasteiger partial charge in [0.05, 0.1) is 32.0 Å². The third-order valence-electron chi connectivity index (χ3n) is 3.63. The normalized spacial score (nSPS) is 18.1. The molecular formula is C14H24N4O3. The van der Waals surface area contributed by atoms with E-state index in [9.17, 15) is 4.79 Å². The minimum atomic E-state index is -0.433. The van der Waals surface area contributed by atoms with Gasteiger partial charge >= 0.3 is 5.97 Å². The van der Waals surface area contributed by atoms with Crippen molar-refractivity contribution in [1.29, 1.82) is 0 Å². The number of nitrogens with one attached hydrogen (secondary N) is 1. The van der Waals surface area contributed by atoms with Gasteiger partial charge in [0.15, 0.2) is 5.69 Å². The van der Waals surface area contributed by atoms with E-state index in [1.165, 1.54) is 7.11 Å². The van der Waals surface area contributed by atoms with Crippen LogP contribution in [0.4, 0.5) is 0 Å². The maximum absolute atomic E-state index is 11.8. The molecule has 2 rings (SSSR count). The van der Waals surface area contributed by atoms with Crippen LogP contribution in [-0.2, 0) is 16.0 Å². The standard InChI is InChI=1S/C14H24N4O3/c1-3-4-9-21-10-8-18-13(11-6-5-7-15-11)12(16-17-18)14(19)20-2/h11,15H,3-10H2,1-2H3. The van der Waals surface area contributed by atoms with Crippen LogP contribution in [0.2, 0.25) is 0 Å². The lowest BCUT2D eigenvalue weighted by Gasteiger charge is -2.14. The van der Waals surface area contributed by atoms with Crippen molar-refractivity contribution in [3.63, 3.8) is 0 Å². The highest BCUT2D eigenvalue weighted by Crippen LogP contribution is 2.25. The predicted octanol–water partition coefficient (Wildman–Crippen LogP) is 1.31. The van der Waals surface area contributed by atoms with E-state index in [1.807, 2.05) is 0 Å². The average Bonchev–Trinajstić information content (AvgIpc) is 3.15. The number of hydrogen-bond donors (Lipinski definition) is 1. The van der Waals surface area contributed by atoms with E-state index in [0.29, 0.717) is 18.8 Å². The number of methoxy groups -OCH3 is 1. The quantitative estimate of drug-likeness (QED) is 0.575. The fourth-order valence-electron chi connectivity index (χ4n) is 2.49. The van der Waals surface area contributed by atoms with Gasteiger partial charge in [0.1, 0.15) is 0 Å². The molecule has 1 aliphatic rings. The molecule has 2 heterocycles. The van der Waals surface area contributed by atoms with Gasteiger partial charge < -0.3 is 14.8 Å². The molecular weight excluding hydrogens is 272 g/mol. The van der Waals surface area contributed by atoms with Crippen LogP contribution < -0.4 is 5.32 Å². The number of esters is 1. The molecule has 1 unspecified atom stereocenters. The van der Waals surface area contributed by atoms with E-state index < -0.39 is 5.97 Å². The second-order valence-electron chi connectivity index (χ2n) is 5.15. The van der Waals surface area contributed by atoms with Gasteiger partial charge in [-0.25, -0.2) is 9.48 Å². The summed E-state index contributed by atoms with van der Waals surface area (Å²) in [7, 11) is 1.36. The monoisotopic (exact) mass is 296 g/mol. The fraction of sp³-hybridized carbons (Fsp3) is 0.786. The van der Waals surface area contributed by atoms with E-state index >= 15 is 0 Å². The Morgan fingerprint density at radius 3 is 3.00 bits per heavy atom. The zero-order valence-corrected chi connectivity index (χ0v) is 12.8. The van der Waals surface area contributed by atoms with Gasteiger partial charge in [-0.15, -0.1) is 5.10 Å². The number of ether oxygens (including phenoxy) is 2. The molecule has 0 spiro atoms. The molecule has 1 aromatic heterocycles. The molecule has 0 amide bonds. The Labute approximate surface area is 125 Å². The van der Waals surface area contributed by atoms with Crippen molar-refractivity contribution in [3.05, 3.63) is 11.4 Å². The Balaban J connectivity index is 2.05. The molecule has 118 valence electrons. The summed E-state index contributed by atoms with van der Waals surface area (Å²) in [5.74, 6) is -0.433. The van der Waals surface area contributed by atoms with Gasteiger partial charge in [-0.05, 0) is 25.8 Å². The molecule has 1 fully saturated rings. The van der Waals surface area contributed by atoms with Crippen molar-refractivity contribution in [2.45, 2.75) is 45.2 Å². The van der Waals surface area contributed by atoms with E-state index in [2.05, 4.69) is 22.6 Å². The first-order valence-corrected chi connectivity index (χ1v) is 7.60. The number of carbonyl (C=O) groups is 1. The second-order valence-corrected chi connectivity index (χ2v) is 5.15. The topological polar surface area (TPSA) is 78.3 Å². The molecule has 21 heavy (non-hydrogen) atoms. The molecule has 1 aromatic rings. The van der Waals surface area contributed by atoms with Crippen LogP contribution in [0, 0.1) is 0 Å². The third-order valence-corrected chi connectivity index (χ3v) is 3.63. The SMILES string of the molecule is CCCCOCCn1nnc(C(=O)OC)c1C1CCCN1. The van der Waals surface area contributed by atoms with E-state index in [-0.39, 0.29) is 6.04 Å². The molecule has 1 atom stereocenters. The van der Waals surface area contributed by atoms with Crippen LogP contribution in [0.1, 0.15) is 54.8 Å². The summed E-state index contributed by atoms with van der Waals surface area (Å²) >= 11 is 0. The Kier molecular flexibility index (Phi) is 6.13. The first kappa shape index (κ1) is 15.9. The number of carbonyl (C=O) groups excluding carboxylic acids is 1. The summed E-state index contributed by atoms with van der Waals surface area (Å²) in [5, 5.41) is 11.5. The van der Waals surface area contributed by atoms with Gasteiger partial charge in [-0.1, -0.05) is 18.6 Å². The highest BCUT2D eigenvalue weighted by atomic mass is 16.5. The first-order valence-electron chi connectivity index (χ1n) is 7.60. The van der Waals surface area contributed by atoms with E-state index in [1.54, 1.807) is 4.68 Å². The molecule has 1 aliphatic heterocycles. The largest absolute Gasteiger partial charge is 0.464 e. The number of nitrogens with zero attached hydrogens (tertiary/aromatic N) is 3. The Morgan fingerprint density at radius 2 is 2.33 bits per heavy atom. The van der Waals surface area contributed by atoms with Crippen LogP contribution in [0.15, 0.2) is 0 Å². The lowest BCUT2D eigenvalue weighted by molar-refractivity contribution is 0.0591. The number of unbranched alkanes of at least 4 members (excludes halogenated alkanes) is 1.